The molecular formula is C25H36N2O5. The summed E-state index contributed by atoms with van der Waals surface area (Å²) in [5, 5.41) is 0. The Morgan fingerprint density at radius 1 is 0.938 bits per heavy atom. The number of rotatable bonds is 13. The number of hydrogen-bond acceptors (Lipinski definition) is 5. The molecule has 32 heavy (non-hydrogen) atoms. The Balaban J connectivity index is 2.15. The molecule has 0 radical (unpaired) electrons. The van der Waals surface area contributed by atoms with E-state index in [1.54, 1.807) is 24.0 Å². The zero-order valence-electron chi connectivity index (χ0n) is 20.0. The van der Waals surface area contributed by atoms with E-state index in [0.717, 1.165) is 29.9 Å². The summed E-state index contributed by atoms with van der Waals surface area (Å²) in [5.74, 6) is 2.77. The van der Waals surface area contributed by atoms with E-state index in [9.17, 15) is 9.59 Å². The summed E-state index contributed by atoms with van der Waals surface area (Å²) >= 11 is 0. The van der Waals surface area contributed by atoms with Gasteiger partial charge in [-0.05, 0) is 49.6 Å². The van der Waals surface area contributed by atoms with Crippen LogP contribution in [-0.4, -0.2) is 55.5 Å². The van der Waals surface area contributed by atoms with Crippen molar-refractivity contribution >= 4 is 11.8 Å². The number of carbonyl (C=O) groups excluding carboxylic acids is 2. The van der Waals surface area contributed by atoms with Gasteiger partial charge >= 0.3 is 0 Å². The van der Waals surface area contributed by atoms with E-state index >= 15 is 0 Å². The van der Waals surface area contributed by atoms with Gasteiger partial charge in [-0.1, -0.05) is 26.3 Å². The molecular weight excluding hydrogens is 408 g/mol. The van der Waals surface area contributed by atoms with Crippen molar-refractivity contribution in [3.63, 3.8) is 0 Å². The molecule has 0 N–H and O–H groups in total. The molecule has 2 amide bonds. The standard InChI is InChI=1S/C25H36N2O5/c1-6-8-14-26(24(28)7-2)18-25(29)27(17-21-11-9-19(3)32-21)15-13-20-10-12-22(30-4)23(16-20)31-5/h9-12,16H,6-8,13-15,17-18H2,1-5H3. The lowest BCUT2D eigenvalue weighted by atomic mass is 10.1. The molecule has 0 aliphatic heterocycles. The fourth-order valence-electron chi connectivity index (χ4n) is 3.48. The quantitative estimate of drug-likeness (QED) is 0.463. The Morgan fingerprint density at radius 3 is 2.28 bits per heavy atom. The van der Waals surface area contributed by atoms with Crippen LogP contribution in [0.5, 0.6) is 11.5 Å². The summed E-state index contributed by atoms with van der Waals surface area (Å²) in [6, 6.07) is 9.53. The molecule has 0 fully saturated rings. The zero-order chi connectivity index (χ0) is 23.5. The average molecular weight is 445 g/mol. The Labute approximate surface area is 191 Å². The maximum absolute atomic E-state index is 13.2. The zero-order valence-corrected chi connectivity index (χ0v) is 20.0. The van der Waals surface area contributed by atoms with Crippen LogP contribution >= 0.6 is 0 Å². The van der Waals surface area contributed by atoms with Crippen LogP contribution in [0.4, 0.5) is 0 Å². The van der Waals surface area contributed by atoms with Crippen LogP contribution in [-0.2, 0) is 22.6 Å². The monoisotopic (exact) mass is 444 g/mol. The van der Waals surface area contributed by atoms with Gasteiger partial charge in [0.05, 0.1) is 27.3 Å². The number of carbonyl (C=O) groups is 2. The lowest BCUT2D eigenvalue weighted by molar-refractivity contribution is -0.141. The highest BCUT2D eigenvalue weighted by Gasteiger charge is 2.21. The largest absolute Gasteiger partial charge is 0.493 e. The van der Waals surface area contributed by atoms with Crippen molar-refractivity contribution in [2.45, 2.75) is 53.0 Å². The Morgan fingerprint density at radius 2 is 1.69 bits per heavy atom. The second-order valence-electron chi connectivity index (χ2n) is 7.79. The predicted octanol–water partition coefficient (Wildman–Crippen LogP) is 4.22. The van der Waals surface area contributed by atoms with Crippen LogP contribution in [0.3, 0.4) is 0 Å². The molecule has 7 nitrogen and oxygen atoms in total. The number of amides is 2. The molecule has 2 aromatic rings. The molecule has 1 heterocycles. The first-order chi connectivity index (χ1) is 15.4. The second-order valence-corrected chi connectivity index (χ2v) is 7.79. The van der Waals surface area contributed by atoms with Gasteiger partial charge in [-0.15, -0.1) is 0 Å². The van der Waals surface area contributed by atoms with E-state index in [2.05, 4.69) is 6.92 Å². The van der Waals surface area contributed by atoms with Crippen molar-refractivity contribution in [2.24, 2.45) is 0 Å². The maximum Gasteiger partial charge on any atom is 0.242 e. The van der Waals surface area contributed by atoms with Crippen molar-refractivity contribution in [2.75, 3.05) is 33.9 Å². The SMILES string of the molecule is CCCCN(CC(=O)N(CCc1ccc(OC)c(OC)c1)Cc1ccc(C)o1)C(=O)CC. The fourth-order valence-corrected chi connectivity index (χ4v) is 3.48. The van der Waals surface area contributed by atoms with Crippen molar-refractivity contribution in [1.82, 2.24) is 9.80 Å². The number of aryl methyl sites for hydroxylation is 1. The molecule has 0 aliphatic rings. The number of methoxy groups -OCH3 is 2. The number of hydrogen-bond donors (Lipinski definition) is 0. The lowest BCUT2D eigenvalue weighted by Gasteiger charge is -2.27. The van der Waals surface area contributed by atoms with E-state index in [1.165, 1.54) is 0 Å². The highest BCUT2D eigenvalue weighted by Crippen LogP contribution is 2.27. The number of benzene rings is 1. The minimum absolute atomic E-state index is 0.000448. The molecule has 0 unspecified atom stereocenters. The maximum atomic E-state index is 13.2. The smallest absolute Gasteiger partial charge is 0.242 e. The van der Waals surface area contributed by atoms with Crippen LogP contribution in [0.2, 0.25) is 0 Å². The third kappa shape index (κ3) is 7.32. The van der Waals surface area contributed by atoms with E-state index in [0.29, 0.717) is 44.0 Å². The van der Waals surface area contributed by atoms with Gasteiger partial charge in [0.15, 0.2) is 11.5 Å². The molecule has 0 aliphatic carbocycles. The van der Waals surface area contributed by atoms with Gasteiger partial charge in [0.25, 0.3) is 0 Å². The molecule has 1 aromatic carbocycles. The van der Waals surface area contributed by atoms with Crippen molar-refractivity contribution in [3.8, 4) is 11.5 Å². The van der Waals surface area contributed by atoms with Gasteiger partial charge in [0, 0.05) is 19.5 Å². The summed E-state index contributed by atoms with van der Waals surface area (Å²) in [7, 11) is 3.21. The highest BCUT2D eigenvalue weighted by atomic mass is 16.5. The number of furan rings is 1. The van der Waals surface area contributed by atoms with E-state index < -0.39 is 0 Å². The van der Waals surface area contributed by atoms with Crippen LogP contribution < -0.4 is 9.47 Å². The summed E-state index contributed by atoms with van der Waals surface area (Å²) in [5.41, 5.74) is 1.03. The molecule has 176 valence electrons. The van der Waals surface area contributed by atoms with Gasteiger partial charge in [-0.2, -0.15) is 0 Å². The number of unbranched alkanes of at least 4 members (excludes halogenated alkanes) is 1. The first-order valence-corrected chi connectivity index (χ1v) is 11.2. The summed E-state index contributed by atoms with van der Waals surface area (Å²) in [6.45, 7) is 7.32. The van der Waals surface area contributed by atoms with Gasteiger partial charge in [0.2, 0.25) is 11.8 Å². The van der Waals surface area contributed by atoms with Crippen molar-refractivity contribution < 1.29 is 23.5 Å². The second kappa shape index (κ2) is 12.8. The third-order valence-electron chi connectivity index (χ3n) is 5.38. The lowest BCUT2D eigenvalue weighted by Crippen LogP contribution is -2.43. The van der Waals surface area contributed by atoms with E-state index in [-0.39, 0.29) is 18.4 Å². The van der Waals surface area contributed by atoms with Gasteiger partial charge in [-0.3, -0.25) is 9.59 Å². The van der Waals surface area contributed by atoms with Gasteiger partial charge in [-0.25, -0.2) is 0 Å². The summed E-state index contributed by atoms with van der Waals surface area (Å²) in [4.78, 5) is 29.0. The molecule has 1 aromatic heterocycles. The Bertz CT molecular complexity index is 877. The minimum Gasteiger partial charge on any atom is -0.493 e. The fraction of sp³-hybridized carbons (Fsp3) is 0.520. The topological polar surface area (TPSA) is 72.2 Å². The van der Waals surface area contributed by atoms with Crippen LogP contribution in [0.1, 0.15) is 50.2 Å². The molecule has 7 heteroatoms. The molecule has 0 atom stereocenters. The summed E-state index contributed by atoms with van der Waals surface area (Å²) in [6.07, 6.45) is 2.88. The van der Waals surface area contributed by atoms with Crippen LogP contribution in [0.25, 0.3) is 0 Å². The average Bonchev–Trinajstić information content (AvgIpc) is 3.22. The molecule has 0 saturated heterocycles. The van der Waals surface area contributed by atoms with E-state index in [1.807, 2.05) is 44.2 Å². The normalized spacial score (nSPS) is 10.7. The van der Waals surface area contributed by atoms with Crippen molar-refractivity contribution in [3.05, 3.63) is 47.4 Å². The van der Waals surface area contributed by atoms with Crippen LogP contribution in [0, 0.1) is 6.92 Å². The number of ether oxygens (including phenoxy) is 2. The molecule has 0 bridgehead atoms. The highest BCUT2D eigenvalue weighted by molar-refractivity contribution is 5.84. The summed E-state index contributed by atoms with van der Waals surface area (Å²) < 4.78 is 16.4. The molecule has 2 rings (SSSR count). The van der Waals surface area contributed by atoms with Gasteiger partial charge in [0.1, 0.15) is 11.5 Å². The predicted molar refractivity (Wildman–Crippen MR) is 124 cm³/mol. The molecule has 0 spiro atoms. The van der Waals surface area contributed by atoms with E-state index in [4.69, 9.17) is 13.9 Å². The number of nitrogens with zero attached hydrogens (tertiary/aromatic N) is 2. The first kappa shape index (κ1) is 25.3. The van der Waals surface area contributed by atoms with Gasteiger partial charge < -0.3 is 23.7 Å². The minimum atomic E-state index is -0.0857. The Hall–Kier alpha value is -2.96. The van der Waals surface area contributed by atoms with Crippen LogP contribution in [0.15, 0.2) is 34.7 Å². The third-order valence-corrected chi connectivity index (χ3v) is 5.38. The molecule has 0 saturated carbocycles. The van der Waals surface area contributed by atoms with Crippen molar-refractivity contribution in [1.29, 1.82) is 0 Å². The first-order valence-electron chi connectivity index (χ1n) is 11.2. The Kier molecular flexibility index (Phi) is 10.1.